The van der Waals surface area contributed by atoms with Crippen LogP contribution in [0.25, 0.3) is 0 Å². The first-order chi connectivity index (χ1) is 7.46. The van der Waals surface area contributed by atoms with Crippen LogP contribution >= 0.6 is 0 Å². The van der Waals surface area contributed by atoms with Crippen LogP contribution in [0.5, 0.6) is 0 Å². The smallest absolute Gasteiger partial charge is 0.282 e. The molecule has 1 aromatic rings. The minimum atomic E-state index is -3.26. The van der Waals surface area contributed by atoms with Crippen LogP contribution in [0.2, 0.25) is 0 Å². The molecule has 0 bridgehead atoms. The van der Waals surface area contributed by atoms with Gasteiger partial charge in [-0.1, -0.05) is 12.1 Å². The van der Waals surface area contributed by atoms with Crippen molar-refractivity contribution in [3.8, 4) is 0 Å². The molecule has 0 aliphatic carbocycles. The number of rotatable bonds is 5. The van der Waals surface area contributed by atoms with Crippen molar-refractivity contribution >= 4 is 0 Å². The van der Waals surface area contributed by atoms with Crippen molar-refractivity contribution in [3.63, 3.8) is 0 Å². The van der Waals surface area contributed by atoms with Crippen molar-refractivity contribution in [2.45, 2.75) is 12.5 Å². The molecule has 0 saturated heterocycles. The summed E-state index contributed by atoms with van der Waals surface area (Å²) in [6.07, 6.45) is 0. The van der Waals surface area contributed by atoms with E-state index >= 15 is 0 Å². The lowest BCUT2D eigenvalue weighted by molar-refractivity contribution is -0.0478. The van der Waals surface area contributed by atoms with Crippen molar-refractivity contribution in [2.75, 3.05) is 13.2 Å². The monoisotopic (exact) mass is 237 g/mol. The van der Waals surface area contributed by atoms with E-state index < -0.39 is 30.7 Å². The highest BCUT2D eigenvalue weighted by molar-refractivity contribution is 5.18. The van der Waals surface area contributed by atoms with Crippen LogP contribution in [-0.2, 0) is 6.54 Å². The summed E-state index contributed by atoms with van der Waals surface area (Å²) in [4.78, 5) is 0. The summed E-state index contributed by atoms with van der Waals surface area (Å²) in [5, 5.41) is 10.5. The number of halogens is 4. The van der Waals surface area contributed by atoms with Gasteiger partial charge in [0, 0.05) is 12.1 Å². The second-order valence-corrected chi connectivity index (χ2v) is 3.33. The lowest BCUT2D eigenvalue weighted by Crippen LogP contribution is -2.35. The molecule has 0 heterocycles. The quantitative estimate of drug-likeness (QED) is 0.764. The van der Waals surface area contributed by atoms with E-state index in [-0.39, 0.29) is 12.1 Å². The van der Waals surface area contributed by atoms with Gasteiger partial charge in [0.2, 0.25) is 0 Å². The highest BCUT2D eigenvalue weighted by Gasteiger charge is 2.26. The summed E-state index contributed by atoms with van der Waals surface area (Å²) >= 11 is 0. The summed E-state index contributed by atoms with van der Waals surface area (Å²) in [5.74, 6) is -5.33. The Balaban J connectivity index is 2.53. The molecule has 90 valence electrons. The first kappa shape index (κ1) is 12.9. The van der Waals surface area contributed by atoms with Gasteiger partial charge in [-0.3, -0.25) is 0 Å². The van der Waals surface area contributed by atoms with E-state index in [0.717, 1.165) is 6.07 Å². The van der Waals surface area contributed by atoms with E-state index in [1.807, 2.05) is 0 Å². The maximum Gasteiger partial charge on any atom is 0.282 e. The lowest BCUT2D eigenvalue weighted by atomic mass is 10.2. The number of nitrogens with one attached hydrogen (secondary N) is 1. The average Bonchev–Trinajstić information content (AvgIpc) is 2.24. The second-order valence-electron chi connectivity index (χ2n) is 3.33. The normalized spacial score (nSPS) is 11.8. The van der Waals surface area contributed by atoms with E-state index in [4.69, 9.17) is 5.11 Å². The van der Waals surface area contributed by atoms with Gasteiger partial charge >= 0.3 is 0 Å². The number of hydrogen-bond acceptors (Lipinski definition) is 2. The van der Waals surface area contributed by atoms with Crippen molar-refractivity contribution < 1.29 is 22.7 Å². The Morgan fingerprint density at radius 1 is 1.25 bits per heavy atom. The van der Waals surface area contributed by atoms with Crippen LogP contribution in [-0.4, -0.2) is 24.2 Å². The molecule has 0 amide bonds. The van der Waals surface area contributed by atoms with Gasteiger partial charge in [-0.2, -0.15) is 0 Å². The third kappa shape index (κ3) is 3.46. The molecule has 0 aliphatic heterocycles. The fourth-order valence-electron chi connectivity index (χ4n) is 1.12. The number of aliphatic hydroxyl groups is 1. The summed E-state index contributed by atoms with van der Waals surface area (Å²) in [6, 6.07) is 3.53. The minimum absolute atomic E-state index is 0.0336. The zero-order valence-electron chi connectivity index (χ0n) is 8.31. The van der Waals surface area contributed by atoms with Gasteiger partial charge in [0.25, 0.3) is 5.92 Å². The van der Waals surface area contributed by atoms with Crippen LogP contribution in [0.3, 0.4) is 0 Å². The van der Waals surface area contributed by atoms with Crippen molar-refractivity contribution in [3.05, 3.63) is 35.4 Å². The van der Waals surface area contributed by atoms with E-state index in [1.165, 1.54) is 12.1 Å². The second kappa shape index (κ2) is 5.27. The molecular formula is C10H11F4NO. The van der Waals surface area contributed by atoms with Crippen LogP contribution in [0.1, 0.15) is 5.56 Å². The Morgan fingerprint density at radius 3 is 2.56 bits per heavy atom. The van der Waals surface area contributed by atoms with Crippen LogP contribution in [0.15, 0.2) is 18.2 Å². The molecule has 0 fully saturated rings. The van der Waals surface area contributed by atoms with Gasteiger partial charge in [-0.25, -0.2) is 17.6 Å². The van der Waals surface area contributed by atoms with E-state index in [1.54, 1.807) is 0 Å². The topological polar surface area (TPSA) is 32.3 Å². The first-order valence-corrected chi connectivity index (χ1v) is 4.58. The number of alkyl halides is 2. The molecule has 2 nitrogen and oxygen atoms in total. The van der Waals surface area contributed by atoms with Gasteiger partial charge in [-0.05, 0) is 6.07 Å². The zero-order valence-corrected chi connectivity index (χ0v) is 8.31. The van der Waals surface area contributed by atoms with Crippen molar-refractivity contribution in [1.29, 1.82) is 0 Å². The average molecular weight is 237 g/mol. The fraction of sp³-hybridized carbons (Fsp3) is 0.400. The maximum absolute atomic E-state index is 13.1. The zero-order chi connectivity index (χ0) is 12.2. The molecule has 0 aromatic heterocycles. The largest absolute Gasteiger partial charge is 0.390 e. The Morgan fingerprint density at radius 2 is 1.94 bits per heavy atom. The molecule has 0 radical (unpaired) electrons. The minimum Gasteiger partial charge on any atom is -0.390 e. The summed E-state index contributed by atoms with van der Waals surface area (Å²) in [6.45, 7) is -2.30. The first-order valence-electron chi connectivity index (χ1n) is 4.58. The Hall–Kier alpha value is -1.14. The molecule has 16 heavy (non-hydrogen) atoms. The van der Waals surface area contributed by atoms with Crippen LogP contribution < -0.4 is 5.32 Å². The van der Waals surface area contributed by atoms with Crippen molar-refractivity contribution in [1.82, 2.24) is 5.32 Å². The maximum atomic E-state index is 13.1. The molecule has 2 N–H and O–H groups in total. The highest BCUT2D eigenvalue weighted by atomic mass is 19.3. The van der Waals surface area contributed by atoms with Gasteiger partial charge in [0.05, 0.1) is 6.54 Å². The van der Waals surface area contributed by atoms with Gasteiger partial charge in [0.1, 0.15) is 6.61 Å². The Kier molecular flexibility index (Phi) is 4.26. The molecule has 0 spiro atoms. The molecular weight excluding hydrogens is 226 g/mol. The van der Waals surface area contributed by atoms with E-state index in [2.05, 4.69) is 5.32 Å². The predicted octanol–water partition coefficient (Wildman–Crippen LogP) is 1.68. The highest BCUT2D eigenvalue weighted by Crippen LogP contribution is 2.13. The molecule has 0 unspecified atom stereocenters. The predicted molar refractivity (Wildman–Crippen MR) is 50.1 cm³/mol. The molecule has 6 heteroatoms. The van der Waals surface area contributed by atoms with Gasteiger partial charge in [0.15, 0.2) is 11.6 Å². The van der Waals surface area contributed by atoms with E-state index in [0.29, 0.717) is 0 Å². The summed E-state index contributed by atoms with van der Waals surface area (Å²) < 4.78 is 50.9. The number of aliphatic hydroxyl groups excluding tert-OH is 1. The van der Waals surface area contributed by atoms with Crippen LogP contribution in [0.4, 0.5) is 17.6 Å². The van der Waals surface area contributed by atoms with Crippen molar-refractivity contribution in [2.24, 2.45) is 0 Å². The standard InChI is InChI=1S/C10H11F4NO/c11-8-3-1-2-7(9(8)12)4-15-5-10(13,14)6-16/h1-3,15-16H,4-6H2. The Bertz CT molecular complexity index is 357. The van der Waals surface area contributed by atoms with Gasteiger partial charge < -0.3 is 10.4 Å². The fourth-order valence-corrected chi connectivity index (χ4v) is 1.12. The third-order valence-electron chi connectivity index (χ3n) is 1.96. The summed E-state index contributed by atoms with van der Waals surface area (Å²) in [7, 11) is 0. The summed E-state index contributed by atoms with van der Waals surface area (Å²) in [5.41, 5.74) is -0.0336. The molecule has 1 rings (SSSR count). The SMILES string of the molecule is OCC(F)(F)CNCc1cccc(F)c1F. The Labute approximate surface area is 89.9 Å². The molecule has 1 aromatic carbocycles. The molecule has 0 aliphatic rings. The molecule has 0 saturated carbocycles. The molecule has 0 atom stereocenters. The van der Waals surface area contributed by atoms with Crippen LogP contribution in [0, 0.1) is 11.6 Å². The number of benzene rings is 1. The van der Waals surface area contributed by atoms with E-state index in [9.17, 15) is 17.6 Å². The third-order valence-corrected chi connectivity index (χ3v) is 1.96. The van der Waals surface area contributed by atoms with Gasteiger partial charge in [-0.15, -0.1) is 0 Å². The lowest BCUT2D eigenvalue weighted by Gasteiger charge is -2.14. The number of hydrogen-bond donors (Lipinski definition) is 2.